The first kappa shape index (κ1) is 22.3. The molecule has 3 aliphatic carbocycles. The molecule has 0 radical (unpaired) electrons. The van der Waals surface area contributed by atoms with Crippen LogP contribution in [0.15, 0.2) is 40.6 Å². The van der Waals surface area contributed by atoms with Gasteiger partial charge in [-0.1, -0.05) is 42.0 Å². The molecule has 3 fully saturated rings. The van der Waals surface area contributed by atoms with E-state index in [0.29, 0.717) is 11.8 Å². The highest BCUT2D eigenvalue weighted by Crippen LogP contribution is 2.57. The number of hydrogen-bond acceptors (Lipinski definition) is 4. The molecule has 0 aliphatic heterocycles. The van der Waals surface area contributed by atoms with E-state index in [1.807, 2.05) is 0 Å². The fraction of sp³-hybridized carbons (Fsp3) is 0.720. The highest BCUT2D eigenvalue weighted by Gasteiger charge is 2.50. The maximum atomic E-state index is 10.00. The van der Waals surface area contributed by atoms with Crippen molar-refractivity contribution in [2.45, 2.75) is 90.8 Å². The topological polar surface area (TPSA) is 62.1 Å². The van der Waals surface area contributed by atoms with Crippen molar-refractivity contribution in [2.24, 2.45) is 22.4 Å². The average Bonchev–Trinajstić information content (AvgIpc) is 2.99. The molecule has 3 aliphatic rings. The van der Waals surface area contributed by atoms with Crippen LogP contribution in [0.25, 0.3) is 0 Å². The van der Waals surface area contributed by atoms with Gasteiger partial charge in [-0.25, -0.2) is 0 Å². The molecule has 4 heteroatoms. The lowest BCUT2D eigenvalue weighted by Gasteiger charge is -2.42. The Morgan fingerprint density at radius 2 is 2.03 bits per heavy atom. The SMILES string of the molecule is C=C1CC[C@H](O)CC1=CC=C1CCC[C@]2(C)[C@@H](C(C)=NOCC(C)(C)O)CC[C@@H]12. The summed E-state index contributed by atoms with van der Waals surface area (Å²) in [4.78, 5) is 5.45. The fourth-order valence-corrected chi connectivity index (χ4v) is 5.68. The number of aliphatic hydroxyl groups excluding tert-OH is 1. The second-order valence-corrected chi connectivity index (χ2v) is 10.3. The highest BCUT2D eigenvalue weighted by molar-refractivity contribution is 5.85. The van der Waals surface area contributed by atoms with E-state index in [0.717, 1.165) is 37.8 Å². The summed E-state index contributed by atoms with van der Waals surface area (Å²) in [5, 5.41) is 24.2. The van der Waals surface area contributed by atoms with E-state index < -0.39 is 5.60 Å². The molecule has 0 amide bonds. The molecule has 0 heterocycles. The van der Waals surface area contributed by atoms with Crippen molar-refractivity contribution in [1.29, 1.82) is 0 Å². The Kier molecular flexibility index (Phi) is 6.74. The molecule has 0 saturated heterocycles. The Bertz CT molecular complexity index is 712. The maximum absolute atomic E-state index is 10.00. The maximum Gasteiger partial charge on any atom is 0.145 e. The molecule has 4 nitrogen and oxygen atoms in total. The lowest BCUT2D eigenvalue weighted by atomic mass is 9.62. The molecule has 0 aromatic heterocycles. The summed E-state index contributed by atoms with van der Waals surface area (Å²) in [5.41, 5.74) is 4.36. The average molecular weight is 402 g/mol. The van der Waals surface area contributed by atoms with Crippen molar-refractivity contribution in [3.05, 3.63) is 35.5 Å². The molecular formula is C25H39NO3. The van der Waals surface area contributed by atoms with Crippen LogP contribution in [0.5, 0.6) is 0 Å². The van der Waals surface area contributed by atoms with Gasteiger partial charge in [-0.15, -0.1) is 0 Å². The van der Waals surface area contributed by atoms with Gasteiger partial charge in [-0.05, 0) is 89.0 Å². The van der Waals surface area contributed by atoms with Crippen molar-refractivity contribution in [1.82, 2.24) is 0 Å². The Hall–Kier alpha value is -1.39. The first-order chi connectivity index (χ1) is 13.6. The van der Waals surface area contributed by atoms with E-state index in [2.05, 4.69) is 37.7 Å². The van der Waals surface area contributed by atoms with Crippen LogP contribution < -0.4 is 0 Å². The Balaban J connectivity index is 1.74. The number of oxime groups is 1. The third kappa shape index (κ3) is 5.21. The quantitative estimate of drug-likeness (QED) is 0.484. The number of hydrogen-bond donors (Lipinski definition) is 2. The van der Waals surface area contributed by atoms with Crippen LogP contribution in [0.2, 0.25) is 0 Å². The van der Waals surface area contributed by atoms with Crippen molar-refractivity contribution in [3.63, 3.8) is 0 Å². The molecule has 3 saturated carbocycles. The number of allylic oxidation sites excluding steroid dienone is 4. The van der Waals surface area contributed by atoms with Gasteiger partial charge >= 0.3 is 0 Å². The lowest BCUT2D eigenvalue weighted by Crippen LogP contribution is -2.36. The number of aliphatic hydroxyl groups is 2. The van der Waals surface area contributed by atoms with Gasteiger partial charge in [-0.2, -0.15) is 0 Å². The zero-order valence-corrected chi connectivity index (χ0v) is 18.7. The first-order valence-corrected chi connectivity index (χ1v) is 11.2. The summed E-state index contributed by atoms with van der Waals surface area (Å²) in [5.74, 6) is 1.01. The van der Waals surface area contributed by atoms with Crippen LogP contribution in [0.1, 0.15) is 79.1 Å². The predicted octanol–water partition coefficient (Wildman–Crippen LogP) is 5.32. The fourth-order valence-electron chi connectivity index (χ4n) is 5.68. The molecule has 162 valence electrons. The molecule has 29 heavy (non-hydrogen) atoms. The van der Waals surface area contributed by atoms with E-state index in [1.54, 1.807) is 19.4 Å². The van der Waals surface area contributed by atoms with Gasteiger partial charge in [0.25, 0.3) is 0 Å². The third-order valence-corrected chi connectivity index (χ3v) is 7.28. The van der Waals surface area contributed by atoms with Crippen LogP contribution in [0.4, 0.5) is 0 Å². The summed E-state index contributed by atoms with van der Waals surface area (Å²) in [6, 6.07) is 0. The summed E-state index contributed by atoms with van der Waals surface area (Å²) >= 11 is 0. The van der Waals surface area contributed by atoms with E-state index >= 15 is 0 Å². The number of nitrogens with zero attached hydrogens (tertiary/aromatic N) is 1. The van der Waals surface area contributed by atoms with Gasteiger partial charge in [0.15, 0.2) is 0 Å². The summed E-state index contributed by atoms with van der Waals surface area (Å²) in [6.45, 7) is 12.4. The molecule has 4 atom stereocenters. The summed E-state index contributed by atoms with van der Waals surface area (Å²) < 4.78 is 0. The normalized spacial score (nSPS) is 36.6. The van der Waals surface area contributed by atoms with Crippen LogP contribution >= 0.6 is 0 Å². The van der Waals surface area contributed by atoms with E-state index in [-0.39, 0.29) is 18.1 Å². The first-order valence-electron chi connectivity index (χ1n) is 11.2. The zero-order chi connectivity index (χ0) is 21.2. The Labute approximate surface area is 176 Å². The van der Waals surface area contributed by atoms with Crippen LogP contribution in [0.3, 0.4) is 0 Å². The Morgan fingerprint density at radius 3 is 2.76 bits per heavy atom. The summed E-state index contributed by atoms with van der Waals surface area (Å²) in [7, 11) is 0. The van der Waals surface area contributed by atoms with Crippen molar-refractivity contribution < 1.29 is 15.1 Å². The van der Waals surface area contributed by atoms with Crippen LogP contribution in [-0.2, 0) is 4.84 Å². The minimum Gasteiger partial charge on any atom is -0.393 e. The zero-order valence-electron chi connectivity index (χ0n) is 18.7. The highest BCUT2D eigenvalue weighted by atomic mass is 16.6. The minimum absolute atomic E-state index is 0.214. The standard InChI is InChI=1S/C25H39NO3/c1-17-8-11-21(27)15-20(17)10-9-19-7-6-14-25(5)22(12-13-23(19)25)18(2)26-29-16-24(3,4)28/h9-10,21-23,27-28H,1,6-8,11-16H2,2-5H3/t21-,22+,23-,25+/m0/s1. The second kappa shape index (κ2) is 8.77. The number of fused-ring (bicyclic) bond motifs is 1. The third-order valence-electron chi connectivity index (χ3n) is 7.28. The molecule has 0 spiro atoms. The van der Waals surface area contributed by atoms with Crippen molar-refractivity contribution in [3.8, 4) is 0 Å². The largest absolute Gasteiger partial charge is 0.393 e. The smallest absolute Gasteiger partial charge is 0.145 e. The second-order valence-electron chi connectivity index (χ2n) is 10.3. The monoisotopic (exact) mass is 401 g/mol. The molecule has 0 unspecified atom stereocenters. The lowest BCUT2D eigenvalue weighted by molar-refractivity contribution is -0.0198. The molecule has 0 aromatic rings. The molecule has 0 bridgehead atoms. The van der Waals surface area contributed by atoms with E-state index in [9.17, 15) is 10.2 Å². The van der Waals surface area contributed by atoms with Gasteiger partial charge in [0.05, 0.1) is 17.4 Å². The minimum atomic E-state index is -0.864. The Morgan fingerprint density at radius 1 is 1.28 bits per heavy atom. The molecule has 3 rings (SSSR count). The predicted molar refractivity (Wildman–Crippen MR) is 119 cm³/mol. The van der Waals surface area contributed by atoms with Gasteiger partial charge in [0.1, 0.15) is 6.61 Å². The summed E-state index contributed by atoms with van der Waals surface area (Å²) in [6.07, 6.45) is 12.7. The van der Waals surface area contributed by atoms with Crippen LogP contribution in [-0.4, -0.2) is 34.2 Å². The van der Waals surface area contributed by atoms with Gasteiger partial charge in [0, 0.05) is 5.92 Å². The molecule has 0 aromatic carbocycles. The van der Waals surface area contributed by atoms with Crippen molar-refractivity contribution in [2.75, 3.05) is 6.61 Å². The van der Waals surface area contributed by atoms with Gasteiger partial charge in [-0.3, -0.25) is 0 Å². The van der Waals surface area contributed by atoms with Gasteiger partial charge in [0.2, 0.25) is 0 Å². The molecule has 2 N–H and O–H groups in total. The van der Waals surface area contributed by atoms with Crippen LogP contribution in [0, 0.1) is 17.3 Å². The van der Waals surface area contributed by atoms with E-state index in [4.69, 9.17) is 4.84 Å². The van der Waals surface area contributed by atoms with Gasteiger partial charge < -0.3 is 15.1 Å². The van der Waals surface area contributed by atoms with Crippen molar-refractivity contribution >= 4 is 5.71 Å². The molecular weight excluding hydrogens is 362 g/mol. The number of rotatable bonds is 5. The van der Waals surface area contributed by atoms with E-state index in [1.165, 1.54) is 30.4 Å².